The molecule has 5 heteroatoms. The molecule has 3 aromatic rings. The molecule has 1 aromatic carbocycles. The molecule has 0 saturated heterocycles. The maximum Gasteiger partial charge on any atom is 0.258 e. The zero-order valence-electron chi connectivity index (χ0n) is 10.3. The number of aromatic nitrogens is 2. The van der Waals surface area contributed by atoms with E-state index in [0.29, 0.717) is 10.7 Å². The molecule has 0 fully saturated rings. The smallest absolute Gasteiger partial charge is 0.258 e. The monoisotopic (exact) mass is 269 g/mol. The second-order valence-corrected chi connectivity index (χ2v) is 4.98. The minimum absolute atomic E-state index is 0.159. The van der Waals surface area contributed by atoms with Crippen molar-refractivity contribution in [2.75, 3.05) is 5.32 Å². The van der Waals surface area contributed by atoms with Crippen LogP contribution >= 0.6 is 11.3 Å². The van der Waals surface area contributed by atoms with Crippen molar-refractivity contribution in [2.45, 2.75) is 6.92 Å². The number of anilines is 1. The first-order chi connectivity index (χ1) is 9.24. The molecule has 94 valence electrons. The van der Waals surface area contributed by atoms with Crippen LogP contribution in [-0.2, 0) is 0 Å². The van der Waals surface area contributed by atoms with Gasteiger partial charge in [0.2, 0.25) is 0 Å². The number of thiazole rings is 1. The fourth-order valence-electron chi connectivity index (χ4n) is 1.88. The van der Waals surface area contributed by atoms with Gasteiger partial charge in [-0.2, -0.15) is 0 Å². The number of carbonyl (C=O) groups excluding carboxylic acids is 1. The summed E-state index contributed by atoms with van der Waals surface area (Å²) < 4.78 is 0. The van der Waals surface area contributed by atoms with E-state index in [1.165, 1.54) is 11.3 Å². The van der Waals surface area contributed by atoms with Gasteiger partial charge in [-0.15, -0.1) is 11.3 Å². The first-order valence-corrected chi connectivity index (χ1v) is 6.69. The summed E-state index contributed by atoms with van der Waals surface area (Å²) in [6.07, 6.45) is 1.72. The summed E-state index contributed by atoms with van der Waals surface area (Å²) in [7, 11) is 0. The van der Waals surface area contributed by atoms with Crippen LogP contribution in [0.3, 0.4) is 0 Å². The van der Waals surface area contributed by atoms with Gasteiger partial charge in [0.15, 0.2) is 5.13 Å². The SMILES string of the molecule is Cc1csc(NC(=O)c2cccc3ncccc23)n1. The van der Waals surface area contributed by atoms with Crippen molar-refractivity contribution in [3.05, 3.63) is 53.2 Å². The Kier molecular flexibility index (Phi) is 2.97. The molecule has 0 spiro atoms. The van der Waals surface area contributed by atoms with Gasteiger partial charge in [0.05, 0.1) is 11.2 Å². The Bertz CT molecular complexity index is 746. The van der Waals surface area contributed by atoms with E-state index < -0.39 is 0 Å². The van der Waals surface area contributed by atoms with E-state index >= 15 is 0 Å². The van der Waals surface area contributed by atoms with Crippen LogP contribution in [0, 0.1) is 6.92 Å². The second-order valence-electron chi connectivity index (χ2n) is 4.12. The third kappa shape index (κ3) is 2.32. The summed E-state index contributed by atoms with van der Waals surface area (Å²) >= 11 is 1.42. The normalized spacial score (nSPS) is 10.6. The van der Waals surface area contributed by atoms with Gasteiger partial charge in [-0.25, -0.2) is 4.98 Å². The molecule has 0 radical (unpaired) electrons. The van der Waals surface area contributed by atoms with Crippen LogP contribution in [0.2, 0.25) is 0 Å². The zero-order chi connectivity index (χ0) is 13.2. The molecule has 0 saturated carbocycles. The van der Waals surface area contributed by atoms with Crippen molar-refractivity contribution in [3.63, 3.8) is 0 Å². The fourth-order valence-corrected chi connectivity index (χ4v) is 2.56. The number of hydrogen-bond donors (Lipinski definition) is 1. The molecule has 0 bridgehead atoms. The van der Waals surface area contributed by atoms with Crippen LogP contribution in [0.5, 0.6) is 0 Å². The van der Waals surface area contributed by atoms with Gasteiger partial charge in [-0.05, 0) is 25.1 Å². The topological polar surface area (TPSA) is 54.9 Å². The number of aryl methyl sites for hydroxylation is 1. The van der Waals surface area contributed by atoms with E-state index in [0.717, 1.165) is 16.6 Å². The van der Waals surface area contributed by atoms with Gasteiger partial charge in [0, 0.05) is 22.5 Å². The number of pyridine rings is 1. The lowest BCUT2D eigenvalue weighted by atomic mass is 10.1. The maximum atomic E-state index is 12.3. The lowest BCUT2D eigenvalue weighted by Crippen LogP contribution is -2.12. The number of amides is 1. The van der Waals surface area contributed by atoms with Gasteiger partial charge in [-0.1, -0.05) is 12.1 Å². The van der Waals surface area contributed by atoms with Crippen molar-refractivity contribution in [1.82, 2.24) is 9.97 Å². The number of carbonyl (C=O) groups is 1. The fraction of sp³-hybridized carbons (Fsp3) is 0.0714. The second kappa shape index (κ2) is 4.78. The van der Waals surface area contributed by atoms with Crippen molar-refractivity contribution in [2.24, 2.45) is 0 Å². The number of rotatable bonds is 2. The molecule has 0 unspecified atom stereocenters. The molecule has 1 N–H and O–H groups in total. The van der Waals surface area contributed by atoms with Crippen LogP contribution < -0.4 is 5.32 Å². The van der Waals surface area contributed by atoms with Crippen LogP contribution in [0.15, 0.2) is 41.9 Å². The first kappa shape index (κ1) is 11.8. The van der Waals surface area contributed by atoms with Crippen LogP contribution in [0.1, 0.15) is 16.1 Å². The van der Waals surface area contributed by atoms with E-state index in [1.54, 1.807) is 12.3 Å². The molecule has 19 heavy (non-hydrogen) atoms. The molecule has 0 atom stereocenters. The predicted octanol–water partition coefficient (Wildman–Crippen LogP) is 3.25. The maximum absolute atomic E-state index is 12.3. The van der Waals surface area contributed by atoms with Crippen molar-refractivity contribution in [1.29, 1.82) is 0 Å². The minimum atomic E-state index is -0.159. The third-order valence-electron chi connectivity index (χ3n) is 2.73. The van der Waals surface area contributed by atoms with Crippen LogP contribution in [0.4, 0.5) is 5.13 Å². The number of nitrogens with zero attached hydrogens (tertiary/aromatic N) is 2. The molecule has 1 amide bonds. The Morgan fingerprint density at radius 2 is 2.16 bits per heavy atom. The Labute approximate surface area is 114 Å². The highest BCUT2D eigenvalue weighted by atomic mass is 32.1. The van der Waals surface area contributed by atoms with E-state index in [4.69, 9.17) is 0 Å². The molecule has 2 heterocycles. The lowest BCUT2D eigenvalue weighted by molar-refractivity contribution is 0.102. The summed E-state index contributed by atoms with van der Waals surface area (Å²) in [5, 5.41) is 6.17. The highest BCUT2D eigenvalue weighted by molar-refractivity contribution is 7.13. The Morgan fingerprint density at radius 1 is 1.26 bits per heavy atom. The van der Waals surface area contributed by atoms with Gasteiger partial charge >= 0.3 is 0 Å². The molecule has 0 aliphatic heterocycles. The summed E-state index contributed by atoms with van der Waals surface area (Å²) in [5.74, 6) is -0.159. The highest BCUT2D eigenvalue weighted by Crippen LogP contribution is 2.20. The molecular formula is C14H11N3OS. The van der Waals surface area contributed by atoms with E-state index in [1.807, 2.05) is 36.6 Å². The number of fused-ring (bicyclic) bond motifs is 1. The minimum Gasteiger partial charge on any atom is -0.298 e. The average molecular weight is 269 g/mol. The standard InChI is InChI=1S/C14H11N3OS/c1-9-8-19-14(16-9)17-13(18)11-4-2-6-12-10(11)5-3-7-15-12/h2-8H,1H3,(H,16,17,18). The molecular weight excluding hydrogens is 258 g/mol. The van der Waals surface area contributed by atoms with E-state index in [-0.39, 0.29) is 5.91 Å². The quantitative estimate of drug-likeness (QED) is 0.777. The van der Waals surface area contributed by atoms with Crippen LogP contribution in [-0.4, -0.2) is 15.9 Å². The number of nitrogens with one attached hydrogen (secondary N) is 1. The average Bonchev–Trinajstić information content (AvgIpc) is 2.83. The van der Waals surface area contributed by atoms with Crippen molar-refractivity contribution >= 4 is 33.3 Å². The van der Waals surface area contributed by atoms with Gasteiger partial charge in [-0.3, -0.25) is 15.1 Å². The lowest BCUT2D eigenvalue weighted by Gasteiger charge is -2.05. The number of hydrogen-bond acceptors (Lipinski definition) is 4. The summed E-state index contributed by atoms with van der Waals surface area (Å²) in [5.41, 5.74) is 2.32. The molecule has 2 aromatic heterocycles. The first-order valence-electron chi connectivity index (χ1n) is 5.81. The summed E-state index contributed by atoms with van der Waals surface area (Å²) in [6.45, 7) is 1.90. The van der Waals surface area contributed by atoms with E-state index in [2.05, 4.69) is 15.3 Å². The zero-order valence-corrected chi connectivity index (χ0v) is 11.1. The summed E-state index contributed by atoms with van der Waals surface area (Å²) in [4.78, 5) is 20.7. The van der Waals surface area contributed by atoms with Gasteiger partial charge in [0.1, 0.15) is 0 Å². The number of benzene rings is 1. The Morgan fingerprint density at radius 3 is 2.95 bits per heavy atom. The summed E-state index contributed by atoms with van der Waals surface area (Å²) in [6, 6.07) is 9.23. The van der Waals surface area contributed by atoms with E-state index in [9.17, 15) is 4.79 Å². The van der Waals surface area contributed by atoms with Gasteiger partial charge in [0.25, 0.3) is 5.91 Å². The molecule has 3 rings (SSSR count). The van der Waals surface area contributed by atoms with Crippen molar-refractivity contribution < 1.29 is 4.79 Å². The van der Waals surface area contributed by atoms with Crippen molar-refractivity contribution in [3.8, 4) is 0 Å². The Balaban J connectivity index is 1.97. The predicted molar refractivity (Wildman–Crippen MR) is 76.5 cm³/mol. The molecule has 0 aliphatic carbocycles. The van der Waals surface area contributed by atoms with Gasteiger partial charge < -0.3 is 0 Å². The largest absolute Gasteiger partial charge is 0.298 e. The Hall–Kier alpha value is -2.27. The third-order valence-corrected chi connectivity index (χ3v) is 3.61. The molecule has 0 aliphatic rings. The van der Waals surface area contributed by atoms with Crippen LogP contribution in [0.25, 0.3) is 10.9 Å². The highest BCUT2D eigenvalue weighted by Gasteiger charge is 2.11. The molecule has 4 nitrogen and oxygen atoms in total.